The Bertz CT molecular complexity index is 547. The predicted molar refractivity (Wildman–Crippen MR) is 73.0 cm³/mol. The fourth-order valence-electron chi connectivity index (χ4n) is 2.14. The third-order valence-electron chi connectivity index (χ3n) is 3.22. The zero-order valence-corrected chi connectivity index (χ0v) is 11.0. The summed E-state index contributed by atoms with van der Waals surface area (Å²) in [4.78, 5) is 0. The Morgan fingerprint density at radius 1 is 1.00 bits per heavy atom. The van der Waals surface area contributed by atoms with Crippen molar-refractivity contribution in [3.8, 4) is 5.75 Å². The first-order valence-electron chi connectivity index (χ1n) is 6.01. The molecular weight excluding hydrogens is 224 g/mol. The van der Waals surface area contributed by atoms with Crippen LogP contribution in [0, 0.1) is 13.8 Å². The summed E-state index contributed by atoms with van der Waals surface area (Å²) in [5.74, 6) is 0.843. The van der Waals surface area contributed by atoms with E-state index in [0.717, 1.165) is 28.0 Å². The second-order valence-electron chi connectivity index (χ2n) is 4.49. The van der Waals surface area contributed by atoms with Crippen molar-refractivity contribution >= 4 is 0 Å². The van der Waals surface area contributed by atoms with Crippen molar-refractivity contribution in [2.24, 2.45) is 0 Å². The van der Waals surface area contributed by atoms with Crippen LogP contribution in [-0.4, -0.2) is 12.2 Å². The molecule has 2 aromatic rings. The smallest absolute Gasteiger partial charge is 0.121 e. The van der Waals surface area contributed by atoms with Crippen LogP contribution < -0.4 is 4.74 Å². The summed E-state index contributed by atoms with van der Waals surface area (Å²) in [7, 11) is 1.65. The molecule has 0 spiro atoms. The number of hydrogen-bond donors (Lipinski definition) is 1. The minimum absolute atomic E-state index is 0.587. The lowest BCUT2D eigenvalue weighted by atomic mass is 9.96. The van der Waals surface area contributed by atoms with E-state index in [1.807, 2.05) is 56.3 Å². The number of aliphatic hydroxyl groups is 1. The molecule has 0 saturated carbocycles. The molecular formula is C16H18O2. The van der Waals surface area contributed by atoms with Gasteiger partial charge in [0.05, 0.1) is 7.11 Å². The molecule has 2 heteroatoms. The largest absolute Gasteiger partial charge is 0.496 e. The van der Waals surface area contributed by atoms with Crippen LogP contribution in [0.25, 0.3) is 0 Å². The highest BCUT2D eigenvalue weighted by atomic mass is 16.5. The molecule has 0 aliphatic carbocycles. The number of benzene rings is 2. The van der Waals surface area contributed by atoms with Crippen LogP contribution in [0.2, 0.25) is 0 Å². The number of ether oxygens (including phenoxy) is 1. The van der Waals surface area contributed by atoms with E-state index in [2.05, 4.69) is 0 Å². The number of rotatable bonds is 3. The Morgan fingerprint density at radius 2 is 1.72 bits per heavy atom. The van der Waals surface area contributed by atoms with Gasteiger partial charge in [0, 0.05) is 0 Å². The van der Waals surface area contributed by atoms with E-state index in [0.29, 0.717) is 0 Å². The van der Waals surface area contributed by atoms with Crippen LogP contribution in [0.1, 0.15) is 28.4 Å². The molecule has 0 radical (unpaired) electrons. The van der Waals surface area contributed by atoms with Crippen LogP contribution in [0.15, 0.2) is 42.5 Å². The minimum atomic E-state index is -0.587. The third kappa shape index (κ3) is 2.39. The Labute approximate surface area is 108 Å². The molecule has 0 amide bonds. The molecule has 0 aliphatic rings. The first-order valence-corrected chi connectivity index (χ1v) is 6.01. The second-order valence-corrected chi connectivity index (χ2v) is 4.49. The minimum Gasteiger partial charge on any atom is -0.496 e. The van der Waals surface area contributed by atoms with E-state index in [4.69, 9.17) is 4.74 Å². The molecule has 2 rings (SSSR count). The molecule has 0 heterocycles. The van der Waals surface area contributed by atoms with Gasteiger partial charge in [-0.05, 0) is 48.2 Å². The Hall–Kier alpha value is -1.80. The van der Waals surface area contributed by atoms with Gasteiger partial charge >= 0.3 is 0 Å². The van der Waals surface area contributed by atoms with Gasteiger partial charge in [-0.3, -0.25) is 0 Å². The number of aliphatic hydroxyl groups excluding tert-OH is 1. The number of methoxy groups -OCH3 is 1. The highest BCUT2D eigenvalue weighted by Gasteiger charge is 2.13. The lowest BCUT2D eigenvalue weighted by molar-refractivity contribution is 0.219. The van der Waals surface area contributed by atoms with Crippen LogP contribution in [0.4, 0.5) is 0 Å². The SMILES string of the molecule is COc1ccc(C(O)c2ccccc2C)cc1C. The molecule has 1 atom stereocenters. The highest BCUT2D eigenvalue weighted by molar-refractivity contribution is 5.41. The van der Waals surface area contributed by atoms with Crippen LogP contribution >= 0.6 is 0 Å². The Balaban J connectivity index is 2.37. The van der Waals surface area contributed by atoms with E-state index >= 15 is 0 Å². The standard InChI is InChI=1S/C16H18O2/c1-11-6-4-5-7-14(11)16(17)13-8-9-15(18-3)12(2)10-13/h4-10,16-17H,1-3H3. The van der Waals surface area contributed by atoms with E-state index in [1.165, 1.54) is 0 Å². The van der Waals surface area contributed by atoms with Crippen molar-refractivity contribution in [3.63, 3.8) is 0 Å². The van der Waals surface area contributed by atoms with Crippen molar-refractivity contribution < 1.29 is 9.84 Å². The highest BCUT2D eigenvalue weighted by Crippen LogP contribution is 2.28. The van der Waals surface area contributed by atoms with Gasteiger partial charge in [0.25, 0.3) is 0 Å². The van der Waals surface area contributed by atoms with Gasteiger partial charge in [0.1, 0.15) is 11.9 Å². The van der Waals surface area contributed by atoms with Gasteiger partial charge in [-0.1, -0.05) is 30.3 Å². The van der Waals surface area contributed by atoms with Gasteiger partial charge in [-0.15, -0.1) is 0 Å². The second kappa shape index (κ2) is 5.23. The van der Waals surface area contributed by atoms with Crippen LogP contribution in [-0.2, 0) is 0 Å². The van der Waals surface area contributed by atoms with Gasteiger partial charge in [0.2, 0.25) is 0 Å². The van der Waals surface area contributed by atoms with E-state index in [-0.39, 0.29) is 0 Å². The van der Waals surface area contributed by atoms with Gasteiger partial charge in [-0.2, -0.15) is 0 Å². The molecule has 0 aliphatic heterocycles. The van der Waals surface area contributed by atoms with E-state index in [1.54, 1.807) is 7.11 Å². The molecule has 2 aromatic carbocycles. The van der Waals surface area contributed by atoms with Gasteiger partial charge < -0.3 is 9.84 Å². The summed E-state index contributed by atoms with van der Waals surface area (Å²) in [6, 6.07) is 13.7. The maximum absolute atomic E-state index is 10.4. The van der Waals surface area contributed by atoms with Gasteiger partial charge in [-0.25, -0.2) is 0 Å². The summed E-state index contributed by atoms with van der Waals surface area (Å²) in [6.07, 6.45) is -0.587. The fourth-order valence-corrected chi connectivity index (χ4v) is 2.14. The molecule has 0 saturated heterocycles. The molecule has 1 unspecified atom stereocenters. The molecule has 0 bridgehead atoms. The summed E-state index contributed by atoms with van der Waals surface area (Å²) < 4.78 is 5.23. The quantitative estimate of drug-likeness (QED) is 0.894. The fraction of sp³-hybridized carbons (Fsp3) is 0.250. The number of aryl methyl sites for hydroxylation is 2. The first kappa shape index (κ1) is 12.7. The normalized spacial score (nSPS) is 12.2. The van der Waals surface area contributed by atoms with Crippen molar-refractivity contribution in [2.45, 2.75) is 20.0 Å². The predicted octanol–water partition coefficient (Wildman–Crippen LogP) is 3.39. The lowest BCUT2D eigenvalue weighted by Gasteiger charge is -2.15. The zero-order chi connectivity index (χ0) is 13.1. The first-order chi connectivity index (χ1) is 8.63. The van der Waals surface area contributed by atoms with Crippen LogP contribution in [0.3, 0.4) is 0 Å². The summed E-state index contributed by atoms with van der Waals surface area (Å²) in [5.41, 5.74) is 3.96. The zero-order valence-electron chi connectivity index (χ0n) is 11.0. The van der Waals surface area contributed by atoms with Crippen molar-refractivity contribution in [1.29, 1.82) is 0 Å². The molecule has 0 fully saturated rings. The molecule has 18 heavy (non-hydrogen) atoms. The topological polar surface area (TPSA) is 29.5 Å². The average molecular weight is 242 g/mol. The van der Waals surface area contributed by atoms with E-state index < -0.39 is 6.10 Å². The summed E-state index contributed by atoms with van der Waals surface area (Å²) >= 11 is 0. The van der Waals surface area contributed by atoms with Crippen molar-refractivity contribution in [3.05, 3.63) is 64.7 Å². The third-order valence-corrected chi connectivity index (χ3v) is 3.22. The van der Waals surface area contributed by atoms with E-state index in [9.17, 15) is 5.11 Å². The summed E-state index contributed by atoms with van der Waals surface area (Å²) in [5, 5.41) is 10.4. The molecule has 0 aromatic heterocycles. The maximum atomic E-state index is 10.4. The van der Waals surface area contributed by atoms with Crippen LogP contribution in [0.5, 0.6) is 5.75 Å². The van der Waals surface area contributed by atoms with Crippen molar-refractivity contribution in [1.82, 2.24) is 0 Å². The summed E-state index contributed by atoms with van der Waals surface area (Å²) in [6.45, 7) is 3.99. The average Bonchev–Trinajstić information content (AvgIpc) is 2.38. The lowest BCUT2D eigenvalue weighted by Crippen LogP contribution is -2.02. The Morgan fingerprint density at radius 3 is 2.33 bits per heavy atom. The van der Waals surface area contributed by atoms with Gasteiger partial charge in [0.15, 0.2) is 0 Å². The molecule has 94 valence electrons. The monoisotopic (exact) mass is 242 g/mol. The Kier molecular flexibility index (Phi) is 3.68. The molecule has 2 nitrogen and oxygen atoms in total. The number of hydrogen-bond acceptors (Lipinski definition) is 2. The maximum Gasteiger partial charge on any atom is 0.121 e. The van der Waals surface area contributed by atoms with Crippen molar-refractivity contribution in [2.75, 3.05) is 7.11 Å². The molecule has 1 N–H and O–H groups in total.